The van der Waals surface area contributed by atoms with Crippen molar-refractivity contribution >= 4 is 11.9 Å². The van der Waals surface area contributed by atoms with E-state index in [4.69, 9.17) is 23.7 Å². The Morgan fingerprint density at radius 1 is 0.977 bits per heavy atom. The summed E-state index contributed by atoms with van der Waals surface area (Å²) in [6.45, 7) is 14.9. The molecule has 5 atom stereocenters. The minimum Gasteiger partial charge on any atom is -0.493 e. The van der Waals surface area contributed by atoms with Crippen molar-refractivity contribution in [3.63, 3.8) is 0 Å². The van der Waals surface area contributed by atoms with Gasteiger partial charge < -0.3 is 28.6 Å². The van der Waals surface area contributed by atoms with Crippen LogP contribution in [0.5, 0.6) is 17.2 Å². The Hall–Kier alpha value is -3.00. The molecule has 1 saturated heterocycles. The maximum Gasteiger partial charge on any atom is 0.329 e. The summed E-state index contributed by atoms with van der Waals surface area (Å²) in [7, 11) is 3.18. The predicted octanol–water partition coefficient (Wildman–Crippen LogP) is 6.86. The number of likely N-dealkylation sites (tertiary alicyclic amines) is 1. The molecule has 1 saturated carbocycles. The molecule has 1 aliphatic heterocycles. The molecular formula is C35H53NO7. The summed E-state index contributed by atoms with van der Waals surface area (Å²) in [5.41, 5.74) is 0.825. The second-order valence-corrected chi connectivity index (χ2v) is 12.0. The molecular weight excluding hydrogens is 546 g/mol. The van der Waals surface area contributed by atoms with Gasteiger partial charge in [0.25, 0.3) is 0 Å². The molecule has 0 aromatic heterocycles. The van der Waals surface area contributed by atoms with E-state index >= 15 is 0 Å². The van der Waals surface area contributed by atoms with Crippen LogP contribution in [0, 0.1) is 11.8 Å². The second kappa shape index (κ2) is 17.3. The molecule has 240 valence electrons. The first-order valence-electron chi connectivity index (χ1n) is 16.0. The van der Waals surface area contributed by atoms with Crippen LogP contribution in [0.4, 0.5) is 0 Å². The Bertz CT molecular complexity index is 1070. The molecule has 8 nitrogen and oxygen atoms in total. The van der Waals surface area contributed by atoms with Gasteiger partial charge in [0, 0.05) is 18.9 Å². The van der Waals surface area contributed by atoms with Gasteiger partial charge in [-0.1, -0.05) is 38.3 Å². The third-order valence-corrected chi connectivity index (χ3v) is 8.92. The molecule has 0 spiro atoms. The molecule has 43 heavy (non-hydrogen) atoms. The zero-order valence-corrected chi connectivity index (χ0v) is 27.0. The van der Waals surface area contributed by atoms with Crippen LogP contribution in [0.1, 0.15) is 90.0 Å². The SMILES string of the molecule is C=CCOCC[C@@H](C)Oc1cc([C@@H](C(=O)N2CCCC[C@H]2C(=O)O[C@H](C)[C@@H](C)C=C)C2CCCCC2)cc(OC)c1OC. The molecule has 1 amide bonds. The first-order valence-corrected chi connectivity index (χ1v) is 16.0. The van der Waals surface area contributed by atoms with E-state index in [0.29, 0.717) is 49.8 Å². The van der Waals surface area contributed by atoms with Gasteiger partial charge in [0.15, 0.2) is 11.5 Å². The molecule has 1 aromatic rings. The number of rotatable bonds is 16. The molecule has 0 N–H and O–H groups in total. The van der Waals surface area contributed by atoms with E-state index in [1.165, 1.54) is 6.42 Å². The molecule has 1 heterocycles. The topological polar surface area (TPSA) is 83.5 Å². The van der Waals surface area contributed by atoms with Crippen LogP contribution >= 0.6 is 0 Å². The van der Waals surface area contributed by atoms with Gasteiger partial charge in [-0.25, -0.2) is 4.79 Å². The van der Waals surface area contributed by atoms with Crippen molar-refractivity contribution in [1.29, 1.82) is 0 Å². The Balaban J connectivity index is 1.97. The largest absolute Gasteiger partial charge is 0.493 e. The number of amides is 1. The van der Waals surface area contributed by atoms with E-state index in [-0.39, 0.29) is 35.9 Å². The first-order chi connectivity index (χ1) is 20.7. The molecule has 0 radical (unpaired) electrons. The molecule has 2 fully saturated rings. The average molecular weight is 600 g/mol. The van der Waals surface area contributed by atoms with Gasteiger partial charge in [-0.2, -0.15) is 0 Å². The fraction of sp³-hybridized carbons (Fsp3) is 0.657. The smallest absolute Gasteiger partial charge is 0.329 e. The molecule has 1 aliphatic carbocycles. The number of carbonyl (C=O) groups is 2. The summed E-state index contributed by atoms with van der Waals surface area (Å²) in [6.07, 6.45) is 11.3. The summed E-state index contributed by atoms with van der Waals surface area (Å²) in [5.74, 6) is 0.908. The number of benzene rings is 1. The van der Waals surface area contributed by atoms with Gasteiger partial charge in [-0.05, 0) is 69.6 Å². The molecule has 1 aromatic carbocycles. The van der Waals surface area contributed by atoms with Crippen molar-refractivity contribution in [3.8, 4) is 17.2 Å². The quantitative estimate of drug-likeness (QED) is 0.117. The van der Waals surface area contributed by atoms with Gasteiger partial charge in [-0.15, -0.1) is 13.2 Å². The van der Waals surface area contributed by atoms with Crippen LogP contribution in [0.3, 0.4) is 0 Å². The minimum atomic E-state index is -0.599. The molecule has 3 rings (SSSR count). The van der Waals surface area contributed by atoms with Gasteiger partial charge >= 0.3 is 5.97 Å². The number of piperidine rings is 1. The van der Waals surface area contributed by atoms with Gasteiger partial charge in [0.05, 0.1) is 39.5 Å². The van der Waals surface area contributed by atoms with Crippen LogP contribution in [0.2, 0.25) is 0 Å². The van der Waals surface area contributed by atoms with E-state index in [1.54, 1.807) is 31.3 Å². The Labute approximate surface area is 258 Å². The number of nitrogens with zero attached hydrogens (tertiary/aromatic N) is 1. The highest BCUT2D eigenvalue weighted by Crippen LogP contribution is 2.45. The molecule has 8 heteroatoms. The lowest BCUT2D eigenvalue weighted by Crippen LogP contribution is -2.51. The number of methoxy groups -OCH3 is 2. The van der Waals surface area contributed by atoms with Crippen LogP contribution in [-0.4, -0.2) is 69.0 Å². The fourth-order valence-electron chi connectivity index (χ4n) is 6.17. The molecule has 0 bridgehead atoms. The summed E-state index contributed by atoms with van der Waals surface area (Å²) in [6, 6.07) is 3.24. The maximum atomic E-state index is 14.6. The van der Waals surface area contributed by atoms with E-state index < -0.39 is 12.0 Å². The standard InChI is InChI=1S/C35H53NO7/c1-8-20-41-21-18-25(4)42-31-23-28(22-30(39-6)33(31)40-7)32(27-15-11-10-12-16-27)34(37)36-19-14-13-17-29(36)35(38)43-26(5)24(3)9-2/h8-9,22-27,29,32H,1-2,10-21H2,3-7H3/t24-,25+,26+,29-,32-/m0/s1. The predicted molar refractivity (Wildman–Crippen MR) is 169 cm³/mol. The number of carbonyl (C=O) groups excluding carboxylic acids is 2. The average Bonchev–Trinajstić information content (AvgIpc) is 3.02. The zero-order valence-electron chi connectivity index (χ0n) is 27.0. The van der Waals surface area contributed by atoms with Crippen molar-refractivity contribution in [2.24, 2.45) is 11.8 Å². The summed E-state index contributed by atoms with van der Waals surface area (Å²) >= 11 is 0. The maximum absolute atomic E-state index is 14.6. The summed E-state index contributed by atoms with van der Waals surface area (Å²) < 4.78 is 29.3. The number of hydrogen-bond acceptors (Lipinski definition) is 7. The minimum absolute atomic E-state index is 0.0211. The fourth-order valence-corrected chi connectivity index (χ4v) is 6.17. The molecule has 2 aliphatic rings. The van der Waals surface area contributed by atoms with E-state index in [9.17, 15) is 9.59 Å². The highest BCUT2D eigenvalue weighted by atomic mass is 16.5. The van der Waals surface area contributed by atoms with E-state index in [2.05, 4.69) is 13.2 Å². The first kappa shape index (κ1) is 34.5. The van der Waals surface area contributed by atoms with Crippen LogP contribution < -0.4 is 14.2 Å². The monoisotopic (exact) mass is 599 g/mol. The summed E-state index contributed by atoms with van der Waals surface area (Å²) in [5, 5.41) is 0. The van der Waals surface area contributed by atoms with Crippen LogP contribution in [0.25, 0.3) is 0 Å². The van der Waals surface area contributed by atoms with Gasteiger partial charge in [0.2, 0.25) is 11.7 Å². The highest BCUT2D eigenvalue weighted by molar-refractivity contribution is 5.89. The van der Waals surface area contributed by atoms with Gasteiger partial charge in [-0.3, -0.25) is 4.79 Å². The third-order valence-electron chi connectivity index (χ3n) is 8.92. The van der Waals surface area contributed by atoms with Crippen molar-refractivity contribution in [3.05, 3.63) is 43.0 Å². The highest BCUT2D eigenvalue weighted by Gasteiger charge is 2.41. The van der Waals surface area contributed by atoms with Crippen molar-refractivity contribution in [2.45, 2.75) is 103 Å². The Kier molecular flexibility index (Phi) is 13.9. The van der Waals surface area contributed by atoms with Crippen LogP contribution in [0.15, 0.2) is 37.4 Å². The van der Waals surface area contributed by atoms with E-state index in [1.807, 2.05) is 32.9 Å². The van der Waals surface area contributed by atoms with Crippen LogP contribution in [-0.2, 0) is 19.1 Å². The summed E-state index contributed by atoms with van der Waals surface area (Å²) in [4.78, 5) is 29.9. The number of hydrogen-bond donors (Lipinski definition) is 0. The molecule has 0 unspecified atom stereocenters. The zero-order chi connectivity index (χ0) is 31.4. The third kappa shape index (κ3) is 9.24. The second-order valence-electron chi connectivity index (χ2n) is 12.0. The van der Waals surface area contributed by atoms with Crippen molar-refractivity contribution in [1.82, 2.24) is 4.90 Å². The Morgan fingerprint density at radius 3 is 2.33 bits per heavy atom. The normalized spacial score (nSPS) is 20.3. The van der Waals surface area contributed by atoms with Crippen molar-refractivity contribution in [2.75, 3.05) is 34.0 Å². The van der Waals surface area contributed by atoms with E-state index in [0.717, 1.165) is 44.1 Å². The number of esters is 1. The lowest BCUT2D eigenvalue weighted by atomic mass is 9.75. The van der Waals surface area contributed by atoms with Gasteiger partial charge in [0.1, 0.15) is 12.1 Å². The lowest BCUT2D eigenvalue weighted by molar-refractivity contribution is -0.163. The van der Waals surface area contributed by atoms with Crippen molar-refractivity contribution < 1.29 is 33.3 Å². The Morgan fingerprint density at radius 2 is 1.67 bits per heavy atom. The number of ether oxygens (including phenoxy) is 5. The lowest BCUT2D eigenvalue weighted by Gasteiger charge is -2.40.